The van der Waals surface area contributed by atoms with Crippen molar-refractivity contribution in [1.82, 2.24) is 4.57 Å². The number of nitrogens with zero attached hydrogens (tertiary/aromatic N) is 1. The van der Waals surface area contributed by atoms with E-state index >= 15 is 0 Å². The van der Waals surface area contributed by atoms with Crippen LogP contribution in [0.3, 0.4) is 0 Å². The van der Waals surface area contributed by atoms with Gasteiger partial charge in [-0.3, -0.25) is 19.2 Å². The van der Waals surface area contributed by atoms with Crippen molar-refractivity contribution in [2.45, 2.75) is 78.1 Å². The Kier molecular flexibility index (Phi) is 11.5. The van der Waals surface area contributed by atoms with Crippen LogP contribution >= 0.6 is 11.6 Å². The lowest BCUT2D eigenvalue weighted by molar-refractivity contribution is -0.267. The summed E-state index contributed by atoms with van der Waals surface area (Å²) >= 11 is 5.75. The molecule has 1 saturated heterocycles. The second kappa shape index (κ2) is 15.3. The zero-order chi connectivity index (χ0) is 32.7. The van der Waals surface area contributed by atoms with Gasteiger partial charge in [0.2, 0.25) is 0 Å². The molecule has 0 aliphatic carbocycles. The minimum absolute atomic E-state index is 0.307. The lowest BCUT2D eigenvalue weighted by atomic mass is 9.97. The smallest absolute Gasteiger partial charge is 0.303 e. The molecule has 3 aromatic rings. The van der Waals surface area contributed by atoms with E-state index in [4.69, 9.17) is 40.0 Å². The summed E-state index contributed by atoms with van der Waals surface area (Å²) in [5.41, 5.74) is 3.77. The van der Waals surface area contributed by atoms with Gasteiger partial charge in [0.25, 0.3) is 0 Å². The molecule has 1 fully saturated rings. The molecule has 5 atom stereocenters. The van der Waals surface area contributed by atoms with Gasteiger partial charge in [-0.05, 0) is 54.7 Å². The summed E-state index contributed by atoms with van der Waals surface area (Å²) in [7, 11) is 0. The van der Waals surface area contributed by atoms with Gasteiger partial charge in [-0.15, -0.1) is 11.6 Å². The van der Waals surface area contributed by atoms with E-state index in [1.54, 1.807) is 0 Å². The number of carbonyl (C=O) groups excluding carboxylic acids is 4. The molecule has 45 heavy (non-hydrogen) atoms. The Labute approximate surface area is 266 Å². The molecule has 12 heteroatoms. The molecule has 0 spiro atoms. The van der Waals surface area contributed by atoms with E-state index in [2.05, 4.69) is 0 Å². The van der Waals surface area contributed by atoms with Crippen LogP contribution in [0.1, 0.15) is 57.0 Å². The van der Waals surface area contributed by atoms with Crippen molar-refractivity contribution in [3.63, 3.8) is 0 Å². The number of carbonyl (C=O) groups is 4. The van der Waals surface area contributed by atoms with Crippen LogP contribution in [0.4, 0.5) is 0 Å². The van der Waals surface area contributed by atoms with Gasteiger partial charge in [0, 0.05) is 45.2 Å². The molecule has 242 valence electrons. The second-order valence-corrected chi connectivity index (χ2v) is 11.2. The number of aromatic nitrogens is 1. The number of rotatable bonds is 12. The normalized spacial score (nSPS) is 21.2. The molecular formula is C33H38ClNO10. The van der Waals surface area contributed by atoms with Crippen LogP contribution in [-0.4, -0.2) is 72.0 Å². The summed E-state index contributed by atoms with van der Waals surface area (Å²) in [6, 6.07) is 13.6. The van der Waals surface area contributed by atoms with E-state index in [-0.39, 0.29) is 6.61 Å². The maximum Gasteiger partial charge on any atom is 0.303 e. The van der Waals surface area contributed by atoms with Gasteiger partial charge >= 0.3 is 23.9 Å². The summed E-state index contributed by atoms with van der Waals surface area (Å²) in [6.45, 7) is 7.07. The zero-order valence-electron chi connectivity index (χ0n) is 25.9. The molecule has 0 radical (unpaired) electrons. The average molecular weight is 644 g/mol. The Bertz CT molecular complexity index is 1520. The van der Waals surface area contributed by atoms with Gasteiger partial charge in [0.05, 0.1) is 12.1 Å². The lowest BCUT2D eigenvalue weighted by Crippen LogP contribution is -2.60. The maximum absolute atomic E-state index is 12.4. The average Bonchev–Trinajstić information content (AvgIpc) is 3.33. The molecular weight excluding hydrogens is 606 g/mol. The quantitative estimate of drug-likeness (QED) is 0.117. The molecule has 0 N–H and O–H groups in total. The Morgan fingerprint density at radius 1 is 0.844 bits per heavy atom. The molecule has 0 amide bonds. The van der Waals surface area contributed by atoms with Crippen LogP contribution in [0.2, 0.25) is 0 Å². The molecule has 1 aliphatic heterocycles. The van der Waals surface area contributed by atoms with E-state index in [0.717, 1.165) is 39.8 Å². The molecule has 0 saturated carbocycles. The Balaban J connectivity index is 1.79. The van der Waals surface area contributed by atoms with Crippen molar-refractivity contribution in [1.29, 1.82) is 0 Å². The van der Waals surface area contributed by atoms with E-state index < -0.39 is 54.5 Å². The predicted molar refractivity (Wildman–Crippen MR) is 164 cm³/mol. The molecule has 4 rings (SSSR count). The molecule has 2 aromatic carbocycles. The number of esters is 4. The number of hydrogen-bond donors (Lipinski definition) is 0. The third-order valence-electron chi connectivity index (χ3n) is 7.25. The van der Waals surface area contributed by atoms with E-state index in [9.17, 15) is 19.2 Å². The molecule has 1 aliphatic rings. The monoisotopic (exact) mass is 643 g/mol. The number of aryl methyl sites for hydroxylation is 1. The first-order valence-electron chi connectivity index (χ1n) is 14.7. The summed E-state index contributed by atoms with van der Waals surface area (Å²) < 4.78 is 36.2. The molecule has 0 unspecified atom stereocenters. The van der Waals surface area contributed by atoms with E-state index in [0.29, 0.717) is 18.9 Å². The number of alkyl halides is 1. The Morgan fingerprint density at radius 2 is 1.49 bits per heavy atom. The fourth-order valence-corrected chi connectivity index (χ4v) is 5.64. The number of ether oxygens (including phenoxy) is 6. The highest BCUT2D eigenvalue weighted by Gasteiger charge is 2.53. The number of hydrogen-bond acceptors (Lipinski definition) is 10. The van der Waals surface area contributed by atoms with Crippen LogP contribution in [0.15, 0.2) is 48.7 Å². The molecule has 11 nitrogen and oxygen atoms in total. The van der Waals surface area contributed by atoms with Crippen molar-refractivity contribution >= 4 is 46.4 Å². The largest absolute Gasteiger partial charge is 0.494 e. The van der Waals surface area contributed by atoms with Crippen molar-refractivity contribution in [3.8, 4) is 5.75 Å². The van der Waals surface area contributed by atoms with Gasteiger partial charge in [0.15, 0.2) is 24.5 Å². The van der Waals surface area contributed by atoms with Crippen LogP contribution in [0, 0.1) is 6.92 Å². The van der Waals surface area contributed by atoms with Gasteiger partial charge in [-0.2, -0.15) is 0 Å². The van der Waals surface area contributed by atoms with E-state index in [1.807, 2.05) is 60.2 Å². The topological polar surface area (TPSA) is 129 Å². The van der Waals surface area contributed by atoms with Crippen LogP contribution < -0.4 is 4.74 Å². The fraction of sp³-hybridized carbons (Fsp3) is 0.455. The molecule has 1 aromatic heterocycles. The van der Waals surface area contributed by atoms with E-state index in [1.165, 1.54) is 27.7 Å². The predicted octanol–water partition coefficient (Wildman–Crippen LogP) is 4.80. The summed E-state index contributed by atoms with van der Waals surface area (Å²) in [5.74, 6) is -1.34. The highest BCUT2D eigenvalue weighted by atomic mass is 35.5. The molecule has 2 heterocycles. The first-order valence-corrected chi connectivity index (χ1v) is 15.2. The second-order valence-electron chi connectivity index (χ2n) is 10.8. The third kappa shape index (κ3) is 8.55. The van der Waals surface area contributed by atoms with Crippen molar-refractivity contribution < 1.29 is 47.6 Å². The zero-order valence-corrected chi connectivity index (χ0v) is 26.7. The number of halogens is 1. The van der Waals surface area contributed by atoms with Crippen molar-refractivity contribution in [3.05, 3.63) is 65.4 Å². The van der Waals surface area contributed by atoms with Gasteiger partial charge in [0.1, 0.15) is 18.5 Å². The first kappa shape index (κ1) is 33.8. The van der Waals surface area contributed by atoms with Crippen LogP contribution in [0.5, 0.6) is 5.75 Å². The van der Waals surface area contributed by atoms with Crippen LogP contribution in [0.25, 0.3) is 10.9 Å². The summed E-state index contributed by atoms with van der Waals surface area (Å²) in [6.07, 6.45) is -2.63. The Morgan fingerprint density at radius 3 is 2.11 bits per heavy atom. The highest BCUT2D eigenvalue weighted by molar-refractivity contribution is 6.17. The first-order chi connectivity index (χ1) is 21.5. The highest BCUT2D eigenvalue weighted by Crippen LogP contribution is 2.38. The maximum atomic E-state index is 12.4. The van der Waals surface area contributed by atoms with Gasteiger partial charge in [-0.25, -0.2) is 0 Å². The molecule has 0 bridgehead atoms. The van der Waals surface area contributed by atoms with Gasteiger partial charge < -0.3 is 33.0 Å². The summed E-state index contributed by atoms with van der Waals surface area (Å²) in [5, 5.41) is 0.966. The lowest BCUT2D eigenvalue weighted by Gasteiger charge is -2.44. The minimum atomic E-state index is -1.27. The standard InChI is InChI=1S/C33H38ClNO10/c1-19-8-6-9-27-29(19)25(16-24-10-12-26(13-11-24)40-15-7-14-34)17-35(27)33-32(44-23(5)39)31(43-22(4)38)30(42-21(3)37)28(45-33)18-41-20(2)36/h6,8-13,17,28,30-33H,7,14-16,18H2,1-5H3/t28-,30-,31+,32-,33-/m1/s1. The Hall–Kier alpha value is -4.09. The fourth-order valence-electron chi connectivity index (χ4n) is 5.53. The SMILES string of the molecule is CC(=O)OC[C@H]1O[C@@H](n2cc(Cc3ccc(OCCCCl)cc3)c3c(C)cccc32)[C@H](OC(C)=O)[C@@H](OC(C)=O)[C@@H]1OC(C)=O. The third-order valence-corrected chi connectivity index (χ3v) is 7.52. The van der Waals surface area contributed by atoms with Crippen LogP contribution in [-0.2, 0) is 49.3 Å². The summed E-state index contributed by atoms with van der Waals surface area (Å²) in [4.78, 5) is 48.6. The minimum Gasteiger partial charge on any atom is -0.494 e. The van der Waals surface area contributed by atoms with Crippen molar-refractivity contribution in [2.75, 3.05) is 19.1 Å². The van der Waals surface area contributed by atoms with Gasteiger partial charge in [-0.1, -0.05) is 24.3 Å². The van der Waals surface area contributed by atoms with Crippen molar-refractivity contribution in [2.24, 2.45) is 0 Å². The number of benzene rings is 2. The number of fused-ring (bicyclic) bond motifs is 1.